The normalized spacial score (nSPS) is 24.0. The molecule has 2 nitrogen and oxygen atoms in total. The fourth-order valence-corrected chi connectivity index (χ4v) is 1.93. The Morgan fingerprint density at radius 2 is 1.71 bits per heavy atom. The van der Waals surface area contributed by atoms with E-state index < -0.39 is 0 Å². The number of hydrogen-bond donors (Lipinski definition) is 0. The molecule has 17 heavy (non-hydrogen) atoms. The Bertz CT molecular complexity index is 398. The highest BCUT2D eigenvalue weighted by atomic mass is 16.5. The van der Waals surface area contributed by atoms with Gasteiger partial charge in [-0.3, -0.25) is 0 Å². The Morgan fingerprint density at radius 3 is 2.18 bits per heavy atom. The van der Waals surface area contributed by atoms with Gasteiger partial charge in [-0.25, -0.2) is 0 Å². The quantitative estimate of drug-likeness (QED) is 0.723. The lowest BCUT2D eigenvalue weighted by atomic mass is 9.89. The Morgan fingerprint density at radius 1 is 1.06 bits per heavy atom. The number of methoxy groups -OCH3 is 1. The summed E-state index contributed by atoms with van der Waals surface area (Å²) in [4.78, 5) is 0. The number of benzene rings is 1. The molecule has 2 heteroatoms. The van der Waals surface area contributed by atoms with Gasteiger partial charge in [0, 0.05) is 0 Å². The molecule has 0 aliphatic carbocycles. The summed E-state index contributed by atoms with van der Waals surface area (Å²) in [5, 5.41) is 0. The van der Waals surface area contributed by atoms with Gasteiger partial charge >= 0.3 is 0 Å². The number of hydrogen-bond acceptors (Lipinski definition) is 2. The van der Waals surface area contributed by atoms with Gasteiger partial charge in [-0.1, -0.05) is 45.1 Å². The maximum Gasteiger partial charge on any atom is 0.118 e. The highest BCUT2D eigenvalue weighted by Crippen LogP contribution is 2.35. The van der Waals surface area contributed by atoms with Crippen LogP contribution in [-0.4, -0.2) is 13.2 Å². The molecule has 1 heterocycles. The molecule has 0 N–H and O–H groups in total. The van der Waals surface area contributed by atoms with Crippen molar-refractivity contribution in [3.63, 3.8) is 0 Å². The summed E-state index contributed by atoms with van der Waals surface area (Å²) in [6, 6.07) is 8.05. The predicted molar refractivity (Wildman–Crippen MR) is 69.2 cm³/mol. The van der Waals surface area contributed by atoms with Crippen LogP contribution in [0.15, 0.2) is 36.4 Å². The van der Waals surface area contributed by atoms with Gasteiger partial charge in [-0.15, -0.1) is 0 Å². The third-order valence-corrected chi connectivity index (χ3v) is 3.05. The van der Waals surface area contributed by atoms with E-state index in [1.165, 1.54) is 5.56 Å². The van der Waals surface area contributed by atoms with Crippen LogP contribution in [0.25, 0.3) is 0 Å². The van der Waals surface area contributed by atoms with Crippen molar-refractivity contribution in [2.75, 3.05) is 7.11 Å². The van der Waals surface area contributed by atoms with E-state index in [1.54, 1.807) is 7.11 Å². The Kier molecular flexibility index (Phi) is 3.25. The van der Waals surface area contributed by atoms with Gasteiger partial charge in [0.2, 0.25) is 0 Å². The Balaban J connectivity index is 2.08. The van der Waals surface area contributed by atoms with Gasteiger partial charge in [0.25, 0.3) is 0 Å². The summed E-state index contributed by atoms with van der Waals surface area (Å²) in [6.07, 6.45) is 4.56. The minimum Gasteiger partial charge on any atom is -0.497 e. The molecule has 2 atom stereocenters. The van der Waals surface area contributed by atoms with E-state index in [2.05, 4.69) is 45.1 Å². The molecule has 0 saturated heterocycles. The summed E-state index contributed by atoms with van der Waals surface area (Å²) in [5.41, 5.74) is 1.33. The van der Waals surface area contributed by atoms with Gasteiger partial charge in [0.05, 0.1) is 13.2 Å². The monoisotopic (exact) mass is 232 g/mol. The van der Waals surface area contributed by atoms with Crippen LogP contribution < -0.4 is 4.74 Å². The van der Waals surface area contributed by atoms with Crippen LogP contribution in [0.4, 0.5) is 0 Å². The molecule has 0 fully saturated rings. The summed E-state index contributed by atoms with van der Waals surface area (Å²) >= 11 is 0. The topological polar surface area (TPSA) is 18.5 Å². The zero-order chi connectivity index (χ0) is 12.5. The molecule has 92 valence electrons. The molecule has 1 aromatic rings. The van der Waals surface area contributed by atoms with E-state index in [1.807, 2.05) is 12.1 Å². The van der Waals surface area contributed by atoms with E-state index in [-0.39, 0.29) is 17.6 Å². The third kappa shape index (κ3) is 2.70. The molecule has 0 aromatic heterocycles. The largest absolute Gasteiger partial charge is 0.497 e. The molecule has 0 spiro atoms. The first-order chi connectivity index (χ1) is 8.00. The van der Waals surface area contributed by atoms with Crippen molar-refractivity contribution in [2.45, 2.75) is 33.0 Å². The predicted octanol–water partition coefficient (Wildman–Crippen LogP) is 3.74. The number of ether oxygens (including phenoxy) is 2. The summed E-state index contributed by atoms with van der Waals surface area (Å²) < 4.78 is 11.2. The maximum atomic E-state index is 6.03. The van der Waals surface area contributed by atoms with Crippen molar-refractivity contribution in [3.8, 4) is 5.75 Å². The first-order valence-corrected chi connectivity index (χ1v) is 5.98. The zero-order valence-electron chi connectivity index (χ0n) is 10.9. The first kappa shape index (κ1) is 12.2. The molecule has 0 bridgehead atoms. The minimum atomic E-state index is 0.0742. The van der Waals surface area contributed by atoms with Gasteiger partial charge in [0.1, 0.15) is 11.9 Å². The van der Waals surface area contributed by atoms with E-state index >= 15 is 0 Å². The molecule has 0 amide bonds. The van der Waals surface area contributed by atoms with Gasteiger partial charge in [-0.05, 0) is 23.1 Å². The standard InChI is InChI=1S/C15H20O2/c1-15(2,3)14-10-9-13(17-14)11-5-7-12(16-4)8-6-11/h5-10,13-14H,1-4H3. The maximum absolute atomic E-state index is 6.03. The second-order valence-corrected chi connectivity index (χ2v) is 5.50. The van der Waals surface area contributed by atoms with Crippen molar-refractivity contribution in [3.05, 3.63) is 42.0 Å². The van der Waals surface area contributed by atoms with Crippen molar-refractivity contribution < 1.29 is 9.47 Å². The lowest BCUT2D eigenvalue weighted by Crippen LogP contribution is -2.25. The molecule has 1 aliphatic heterocycles. The molecular weight excluding hydrogens is 212 g/mol. The van der Waals surface area contributed by atoms with Crippen LogP contribution in [0.3, 0.4) is 0 Å². The van der Waals surface area contributed by atoms with E-state index in [4.69, 9.17) is 9.47 Å². The van der Waals surface area contributed by atoms with Crippen molar-refractivity contribution in [2.24, 2.45) is 5.41 Å². The second-order valence-electron chi connectivity index (χ2n) is 5.50. The second kappa shape index (κ2) is 4.53. The molecule has 1 aromatic carbocycles. The van der Waals surface area contributed by atoms with Gasteiger partial charge in [0.15, 0.2) is 0 Å². The first-order valence-electron chi connectivity index (χ1n) is 5.98. The lowest BCUT2D eigenvalue weighted by Gasteiger charge is -2.26. The summed E-state index contributed by atoms with van der Waals surface area (Å²) in [7, 11) is 1.68. The van der Waals surface area contributed by atoms with Crippen molar-refractivity contribution >= 4 is 0 Å². The minimum absolute atomic E-state index is 0.0742. The third-order valence-electron chi connectivity index (χ3n) is 3.05. The highest BCUT2D eigenvalue weighted by molar-refractivity contribution is 5.31. The van der Waals surface area contributed by atoms with Gasteiger partial charge in [-0.2, -0.15) is 0 Å². The molecule has 2 unspecified atom stereocenters. The number of rotatable bonds is 2. The van der Waals surface area contributed by atoms with Crippen LogP contribution in [0.2, 0.25) is 0 Å². The summed E-state index contributed by atoms with van der Waals surface area (Å²) in [5.74, 6) is 0.878. The average molecular weight is 232 g/mol. The van der Waals surface area contributed by atoms with E-state index in [0.717, 1.165) is 5.75 Å². The molecule has 2 rings (SSSR count). The smallest absolute Gasteiger partial charge is 0.118 e. The Hall–Kier alpha value is -1.28. The zero-order valence-corrected chi connectivity index (χ0v) is 10.9. The lowest BCUT2D eigenvalue weighted by molar-refractivity contribution is -0.00131. The van der Waals surface area contributed by atoms with Crippen LogP contribution in [-0.2, 0) is 4.74 Å². The van der Waals surface area contributed by atoms with E-state index in [9.17, 15) is 0 Å². The summed E-state index contributed by atoms with van der Waals surface area (Å²) in [6.45, 7) is 6.58. The molecular formula is C15H20O2. The van der Waals surface area contributed by atoms with Crippen LogP contribution in [0.5, 0.6) is 5.75 Å². The van der Waals surface area contributed by atoms with Crippen LogP contribution in [0, 0.1) is 5.41 Å². The van der Waals surface area contributed by atoms with Gasteiger partial charge < -0.3 is 9.47 Å². The fourth-order valence-electron chi connectivity index (χ4n) is 1.93. The average Bonchev–Trinajstić information content (AvgIpc) is 2.78. The van der Waals surface area contributed by atoms with Crippen molar-refractivity contribution in [1.29, 1.82) is 0 Å². The fraction of sp³-hybridized carbons (Fsp3) is 0.467. The molecule has 0 saturated carbocycles. The van der Waals surface area contributed by atoms with Crippen LogP contribution in [0.1, 0.15) is 32.4 Å². The molecule has 1 aliphatic rings. The highest BCUT2D eigenvalue weighted by Gasteiger charge is 2.30. The van der Waals surface area contributed by atoms with E-state index in [0.29, 0.717) is 0 Å². The van der Waals surface area contributed by atoms with Crippen LogP contribution >= 0.6 is 0 Å². The SMILES string of the molecule is COc1ccc(C2C=CC(C(C)(C)C)O2)cc1. The molecule has 0 radical (unpaired) electrons. The van der Waals surface area contributed by atoms with Crippen molar-refractivity contribution in [1.82, 2.24) is 0 Å². The Labute approximate surface area is 103 Å².